The Morgan fingerprint density at radius 3 is 2.54 bits per heavy atom. The van der Waals surface area contributed by atoms with Crippen molar-refractivity contribution in [2.24, 2.45) is 0 Å². The van der Waals surface area contributed by atoms with Crippen molar-refractivity contribution in [3.8, 4) is 11.1 Å². The molecule has 138 valence electrons. The average Bonchev–Trinajstić information content (AvgIpc) is 2.63. The number of nitrogens with zero attached hydrogens (tertiary/aromatic N) is 1. The van der Waals surface area contributed by atoms with Gasteiger partial charge in [0, 0.05) is 24.5 Å². The van der Waals surface area contributed by atoms with Crippen molar-refractivity contribution >= 4 is 0 Å². The Morgan fingerprint density at radius 2 is 1.77 bits per heavy atom. The molecule has 0 aromatic heterocycles. The predicted molar refractivity (Wildman–Crippen MR) is 106 cm³/mol. The predicted octanol–water partition coefficient (Wildman–Crippen LogP) is 4.65. The quantitative estimate of drug-likeness (QED) is 0.846. The molecule has 0 radical (unpaired) electrons. The lowest BCUT2D eigenvalue weighted by atomic mass is 9.75. The van der Waals surface area contributed by atoms with E-state index in [0.717, 1.165) is 29.8 Å². The Kier molecular flexibility index (Phi) is 4.85. The summed E-state index contributed by atoms with van der Waals surface area (Å²) in [4.78, 5) is 2.66. The van der Waals surface area contributed by atoms with E-state index in [1.165, 1.54) is 30.5 Å². The molecule has 4 rings (SSSR count). The first-order valence-electron chi connectivity index (χ1n) is 9.90. The molecular weight excluding hydrogens is 323 g/mol. The fourth-order valence-corrected chi connectivity index (χ4v) is 4.83. The summed E-state index contributed by atoms with van der Waals surface area (Å²) < 4.78 is 13.8. The summed E-state index contributed by atoms with van der Waals surface area (Å²) >= 11 is 0. The minimum absolute atomic E-state index is 0.122. The lowest BCUT2D eigenvalue weighted by Crippen LogP contribution is -2.64. The van der Waals surface area contributed by atoms with Crippen LogP contribution in [0, 0.1) is 19.7 Å². The van der Waals surface area contributed by atoms with E-state index >= 15 is 0 Å². The summed E-state index contributed by atoms with van der Waals surface area (Å²) in [5, 5.41) is 3.62. The molecule has 2 saturated heterocycles. The summed E-state index contributed by atoms with van der Waals surface area (Å²) in [6.45, 7) is 9.70. The molecule has 0 bridgehead atoms. The zero-order valence-electron chi connectivity index (χ0n) is 16.1. The molecule has 2 fully saturated rings. The number of hydrogen-bond acceptors (Lipinski definition) is 2. The summed E-state index contributed by atoms with van der Waals surface area (Å²) in [6, 6.07) is 13.7. The van der Waals surface area contributed by atoms with E-state index in [4.69, 9.17) is 0 Å². The molecule has 1 N–H and O–H groups in total. The molecule has 2 nitrogen and oxygen atoms in total. The maximum Gasteiger partial charge on any atom is 0.126 e. The van der Waals surface area contributed by atoms with Gasteiger partial charge in [-0.05, 0) is 80.6 Å². The molecule has 2 aliphatic heterocycles. The monoisotopic (exact) mass is 352 g/mol. The number of nitrogens with one attached hydrogen (secondary N) is 1. The average molecular weight is 352 g/mol. The van der Waals surface area contributed by atoms with Crippen LogP contribution in [0.1, 0.15) is 42.4 Å². The molecule has 0 saturated carbocycles. The standard InChI is InChI=1S/C23H29FN2/c1-15-16(2)21(24)11-10-20(15)18-6-8-19(9-7-18)23-17(3)26-13-5-4-12-25-14-22(23)26/h6-11,17,22-23,25H,4-5,12-14H2,1-3H3/t17-,22?,23?/m1/s1. The van der Waals surface area contributed by atoms with Gasteiger partial charge in [0.15, 0.2) is 0 Å². The highest BCUT2D eigenvalue weighted by Crippen LogP contribution is 2.41. The maximum absolute atomic E-state index is 13.8. The molecule has 0 amide bonds. The fourth-order valence-electron chi connectivity index (χ4n) is 4.83. The Labute approximate surface area is 156 Å². The second-order valence-corrected chi connectivity index (χ2v) is 7.95. The molecule has 2 aromatic rings. The molecule has 0 spiro atoms. The third-order valence-electron chi connectivity index (χ3n) is 6.58. The zero-order valence-corrected chi connectivity index (χ0v) is 16.1. The minimum atomic E-state index is -0.122. The van der Waals surface area contributed by atoms with Gasteiger partial charge in [-0.3, -0.25) is 4.90 Å². The molecule has 2 aliphatic rings. The van der Waals surface area contributed by atoms with Gasteiger partial charge in [0.1, 0.15) is 5.82 Å². The van der Waals surface area contributed by atoms with Gasteiger partial charge in [-0.2, -0.15) is 0 Å². The largest absolute Gasteiger partial charge is 0.315 e. The topological polar surface area (TPSA) is 15.3 Å². The Balaban J connectivity index is 1.57. The molecule has 3 atom stereocenters. The SMILES string of the molecule is Cc1c(F)ccc(-c2ccc(C3C4CNCCCCN4[C@@H]3C)cc2)c1C. The lowest BCUT2D eigenvalue weighted by molar-refractivity contribution is -0.00920. The van der Waals surface area contributed by atoms with Crippen molar-refractivity contribution in [1.82, 2.24) is 10.2 Å². The fraction of sp³-hybridized carbons (Fsp3) is 0.478. The van der Waals surface area contributed by atoms with Crippen molar-refractivity contribution in [2.45, 2.75) is 51.6 Å². The molecule has 26 heavy (non-hydrogen) atoms. The van der Waals surface area contributed by atoms with Crippen LogP contribution in [0.5, 0.6) is 0 Å². The van der Waals surface area contributed by atoms with Gasteiger partial charge in [-0.25, -0.2) is 4.39 Å². The van der Waals surface area contributed by atoms with Crippen LogP contribution in [0.25, 0.3) is 11.1 Å². The van der Waals surface area contributed by atoms with Crippen molar-refractivity contribution in [3.63, 3.8) is 0 Å². The maximum atomic E-state index is 13.8. The van der Waals surface area contributed by atoms with E-state index in [1.807, 2.05) is 19.9 Å². The Bertz CT molecular complexity index is 784. The number of benzene rings is 2. The number of rotatable bonds is 2. The minimum Gasteiger partial charge on any atom is -0.315 e. The van der Waals surface area contributed by atoms with Crippen LogP contribution < -0.4 is 5.32 Å². The second kappa shape index (κ2) is 7.13. The smallest absolute Gasteiger partial charge is 0.126 e. The van der Waals surface area contributed by atoms with Gasteiger partial charge in [0.05, 0.1) is 0 Å². The van der Waals surface area contributed by atoms with Gasteiger partial charge in [0.25, 0.3) is 0 Å². The number of hydrogen-bond donors (Lipinski definition) is 1. The van der Waals surface area contributed by atoms with Crippen LogP contribution in [0.2, 0.25) is 0 Å². The van der Waals surface area contributed by atoms with Crippen molar-refractivity contribution in [1.29, 1.82) is 0 Å². The van der Waals surface area contributed by atoms with Crippen LogP contribution in [0.3, 0.4) is 0 Å². The first kappa shape index (κ1) is 17.7. The molecule has 0 aliphatic carbocycles. The molecule has 3 heteroatoms. The molecule has 2 unspecified atom stereocenters. The second-order valence-electron chi connectivity index (χ2n) is 7.95. The van der Waals surface area contributed by atoms with Gasteiger partial charge in [0.2, 0.25) is 0 Å². The third kappa shape index (κ3) is 2.97. The van der Waals surface area contributed by atoms with E-state index in [0.29, 0.717) is 18.0 Å². The van der Waals surface area contributed by atoms with Crippen molar-refractivity contribution in [2.75, 3.05) is 19.6 Å². The van der Waals surface area contributed by atoms with Crippen LogP contribution in [-0.2, 0) is 0 Å². The summed E-state index contributed by atoms with van der Waals surface area (Å²) in [7, 11) is 0. The van der Waals surface area contributed by atoms with E-state index in [1.54, 1.807) is 6.07 Å². The van der Waals surface area contributed by atoms with Crippen molar-refractivity contribution < 1.29 is 4.39 Å². The van der Waals surface area contributed by atoms with Crippen LogP contribution in [0.4, 0.5) is 4.39 Å². The first-order valence-corrected chi connectivity index (χ1v) is 9.90. The zero-order chi connectivity index (χ0) is 18.3. The highest BCUT2D eigenvalue weighted by atomic mass is 19.1. The van der Waals surface area contributed by atoms with E-state index in [-0.39, 0.29) is 5.82 Å². The number of halogens is 1. The van der Waals surface area contributed by atoms with Gasteiger partial charge in [-0.1, -0.05) is 30.3 Å². The first-order chi connectivity index (χ1) is 12.6. The normalized spacial score (nSPS) is 26.5. The summed E-state index contributed by atoms with van der Waals surface area (Å²) in [5.41, 5.74) is 5.52. The van der Waals surface area contributed by atoms with E-state index < -0.39 is 0 Å². The summed E-state index contributed by atoms with van der Waals surface area (Å²) in [5.74, 6) is 0.480. The van der Waals surface area contributed by atoms with Crippen molar-refractivity contribution in [3.05, 3.63) is 58.9 Å². The molecule has 2 aromatic carbocycles. The van der Waals surface area contributed by atoms with E-state index in [9.17, 15) is 4.39 Å². The lowest BCUT2D eigenvalue weighted by Gasteiger charge is -2.55. The Hall–Kier alpha value is -1.71. The highest BCUT2D eigenvalue weighted by molar-refractivity contribution is 5.69. The Morgan fingerprint density at radius 1 is 1.00 bits per heavy atom. The van der Waals surface area contributed by atoms with Gasteiger partial charge >= 0.3 is 0 Å². The third-order valence-corrected chi connectivity index (χ3v) is 6.58. The van der Waals surface area contributed by atoms with Crippen LogP contribution in [-0.4, -0.2) is 36.6 Å². The number of fused-ring (bicyclic) bond motifs is 1. The molecule has 2 heterocycles. The van der Waals surface area contributed by atoms with Gasteiger partial charge < -0.3 is 5.32 Å². The van der Waals surface area contributed by atoms with Crippen LogP contribution >= 0.6 is 0 Å². The summed E-state index contributed by atoms with van der Waals surface area (Å²) in [6.07, 6.45) is 2.58. The highest BCUT2D eigenvalue weighted by Gasteiger charge is 2.45. The molecular formula is C23H29FN2. The van der Waals surface area contributed by atoms with Gasteiger partial charge in [-0.15, -0.1) is 0 Å². The van der Waals surface area contributed by atoms with E-state index in [2.05, 4.69) is 41.4 Å². The van der Waals surface area contributed by atoms with Crippen LogP contribution in [0.15, 0.2) is 36.4 Å².